The number of amides is 1. The van der Waals surface area contributed by atoms with Gasteiger partial charge in [-0.25, -0.2) is 0 Å². The van der Waals surface area contributed by atoms with Crippen LogP contribution in [0.2, 0.25) is 0 Å². The Labute approximate surface area is 144 Å². The highest BCUT2D eigenvalue weighted by atomic mass is 16.6. The van der Waals surface area contributed by atoms with Crippen molar-refractivity contribution < 1.29 is 29.1 Å². The van der Waals surface area contributed by atoms with E-state index in [4.69, 9.17) is 9.47 Å². The number of benzene rings is 1. The Morgan fingerprint density at radius 3 is 2.68 bits per heavy atom. The fraction of sp³-hybridized carbons (Fsp3) is 0.500. The summed E-state index contributed by atoms with van der Waals surface area (Å²) in [5, 5.41) is 22.8. The number of para-hydroxylation sites is 2. The number of nitro benzene ring substituents is 1. The van der Waals surface area contributed by atoms with Crippen LogP contribution in [-0.2, 0) is 14.3 Å². The maximum absolute atomic E-state index is 11.9. The van der Waals surface area contributed by atoms with Gasteiger partial charge < -0.3 is 19.9 Å². The third-order valence-corrected chi connectivity index (χ3v) is 4.09. The van der Waals surface area contributed by atoms with E-state index in [1.54, 1.807) is 6.07 Å². The lowest BCUT2D eigenvalue weighted by atomic mass is 9.86. The number of ether oxygens (including phenoxy) is 2. The van der Waals surface area contributed by atoms with Crippen LogP contribution >= 0.6 is 0 Å². The average molecular weight is 352 g/mol. The first-order chi connectivity index (χ1) is 12.0. The topological polar surface area (TPSA) is 128 Å². The first kappa shape index (κ1) is 18.7. The minimum atomic E-state index is -0.966. The van der Waals surface area contributed by atoms with Crippen molar-refractivity contribution in [3.8, 4) is 5.75 Å². The van der Waals surface area contributed by atoms with E-state index in [0.29, 0.717) is 26.1 Å². The fourth-order valence-corrected chi connectivity index (χ4v) is 2.72. The molecule has 0 bridgehead atoms. The summed E-state index contributed by atoms with van der Waals surface area (Å²) in [4.78, 5) is 33.6. The molecule has 0 saturated carbocycles. The molecule has 1 saturated heterocycles. The normalized spacial score (nSPS) is 16.0. The van der Waals surface area contributed by atoms with Gasteiger partial charge in [0.15, 0.2) is 12.4 Å². The summed E-state index contributed by atoms with van der Waals surface area (Å²) < 4.78 is 10.4. The summed E-state index contributed by atoms with van der Waals surface area (Å²) in [7, 11) is 0. The minimum absolute atomic E-state index is 0.0122. The van der Waals surface area contributed by atoms with Crippen LogP contribution in [0.15, 0.2) is 24.3 Å². The predicted molar refractivity (Wildman–Crippen MR) is 86.3 cm³/mol. The number of nitrogens with zero attached hydrogens (tertiary/aromatic N) is 1. The highest BCUT2D eigenvalue weighted by Crippen LogP contribution is 2.26. The number of carboxylic acid groups (broad SMARTS) is 1. The van der Waals surface area contributed by atoms with Gasteiger partial charge in [0.2, 0.25) is 0 Å². The molecule has 9 nitrogen and oxygen atoms in total. The Morgan fingerprint density at radius 2 is 2.04 bits per heavy atom. The van der Waals surface area contributed by atoms with Crippen LogP contribution in [0.25, 0.3) is 0 Å². The number of hydrogen-bond acceptors (Lipinski definition) is 6. The molecule has 0 aliphatic carbocycles. The number of carbonyl (C=O) groups excluding carboxylic acids is 1. The van der Waals surface area contributed by atoms with E-state index < -0.39 is 29.3 Å². The van der Waals surface area contributed by atoms with Crippen LogP contribution < -0.4 is 10.1 Å². The zero-order valence-electron chi connectivity index (χ0n) is 13.6. The average Bonchev–Trinajstić information content (AvgIpc) is 2.61. The maximum Gasteiger partial charge on any atom is 0.310 e. The van der Waals surface area contributed by atoms with Crippen molar-refractivity contribution in [2.24, 2.45) is 11.8 Å². The van der Waals surface area contributed by atoms with E-state index >= 15 is 0 Å². The Bertz CT molecular complexity index is 629. The Kier molecular flexibility index (Phi) is 6.70. The molecule has 9 heteroatoms. The van der Waals surface area contributed by atoms with Crippen molar-refractivity contribution in [3.63, 3.8) is 0 Å². The number of carbonyl (C=O) groups is 2. The number of hydrogen-bond donors (Lipinski definition) is 2. The Morgan fingerprint density at radius 1 is 1.36 bits per heavy atom. The highest BCUT2D eigenvalue weighted by molar-refractivity contribution is 5.79. The molecule has 25 heavy (non-hydrogen) atoms. The van der Waals surface area contributed by atoms with Crippen molar-refractivity contribution in [1.82, 2.24) is 5.32 Å². The van der Waals surface area contributed by atoms with Crippen LogP contribution in [0.1, 0.15) is 12.8 Å². The van der Waals surface area contributed by atoms with Gasteiger partial charge in [0.05, 0.1) is 10.8 Å². The largest absolute Gasteiger partial charge is 0.481 e. The predicted octanol–water partition coefficient (Wildman–Crippen LogP) is 1.22. The standard InChI is InChI=1S/C16H20N2O7/c19-15(10-25-14-4-2-1-3-13(14)18(22)23)17-9-12(16(20)21)11-5-7-24-8-6-11/h1-4,11-12H,5-10H2,(H,17,19)(H,20,21). The molecule has 0 spiro atoms. The molecule has 1 aliphatic heterocycles. The van der Waals surface area contributed by atoms with Gasteiger partial charge in [0.1, 0.15) is 0 Å². The molecule has 2 N–H and O–H groups in total. The van der Waals surface area contributed by atoms with E-state index in [9.17, 15) is 24.8 Å². The van der Waals surface area contributed by atoms with Gasteiger partial charge in [-0.1, -0.05) is 12.1 Å². The third-order valence-electron chi connectivity index (χ3n) is 4.09. The summed E-state index contributed by atoms with van der Waals surface area (Å²) in [6, 6.07) is 5.73. The lowest BCUT2D eigenvalue weighted by Crippen LogP contribution is -2.40. The van der Waals surface area contributed by atoms with Crippen LogP contribution in [0, 0.1) is 22.0 Å². The molecule has 1 aromatic rings. The summed E-state index contributed by atoms with van der Waals surface area (Å²) in [5.41, 5.74) is -0.235. The van der Waals surface area contributed by atoms with Crippen LogP contribution in [-0.4, -0.2) is 48.3 Å². The molecule has 1 heterocycles. The zero-order chi connectivity index (χ0) is 18.2. The summed E-state index contributed by atoms with van der Waals surface area (Å²) >= 11 is 0. The summed E-state index contributed by atoms with van der Waals surface area (Å²) in [6.07, 6.45) is 1.28. The van der Waals surface area contributed by atoms with E-state index in [2.05, 4.69) is 5.32 Å². The van der Waals surface area contributed by atoms with Crippen molar-refractivity contribution >= 4 is 17.6 Å². The number of rotatable bonds is 8. The summed E-state index contributed by atoms with van der Waals surface area (Å²) in [5.74, 6) is -2.26. The van der Waals surface area contributed by atoms with Gasteiger partial charge in [-0.3, -0.25) is 19.7 Å². The second-order valence-electron chi connectivity index (χ2n) is 5.71. The lowest BCUT2D eigenvalue weighted by molar-refractivity contribution is -0.385. The van der Waals surface area contributed by atoms with Crippen LogP contribution in [0.3, 0.4) is 0 Å². The molecular weight excluding hydrogens is 332 g/mol. The Balaban J connectivity index is 1.85. The molecule has 1 aromatic carbocycles. The molecule has 1 aliphatic rings. The van der Waals surface area contributed by atoms with Crippen LogP contribution in [0.4, 0.5) is 5.69 Å². The number of aliphatic carboxylic acids is 1. The minimum Gasteiger partial charge on any atom is -0.481 e. The molecular formula is C16H20N2O7. The third kappa shape index (κ3) is 5.42. The van der Waals surface area contributed by atoms with Gasteiger partial charge in [-0.15, -0.1) is 0 Å². The van der Waals surface area contributed by atoms with Crippen molar-refractivity contribution in [1.29, 1.82) is 0 Å². The smallest absolute Gasteiger partial charge is 0.310 e. The van der Waals surface area contributed by atoms with E-state index in [0.717, 1.165) is 0 Å². The quantitative estimate of drug-likeness (QED) is 0.531. The first-order valence-electron chi connectivity index (χ1n) is 7.92. The SMILES string of the molecule is O=C(COc1ccccc1[N+](=O)[O-])NCC(C(=O)O)C1CCOCC1. The van der Waals surface area contributed by atoms with Gasteiger partial charge in [0, 0.05) is 25.8 Å². The molecule has 2 rings (SSSR count). The van der Waals surface area contributed by atoms with Crippen molar-refractivity contribution in [2.45, 2.75) is 12.8 Å². The summed E-state index contributed by atoms with van der Waals surface area (Å²) in [6.45, 7) is 0.594. The maximum atomic E-state index is 11.9. The van der Waals surface area contributed by atoms with Gasteiger partial charge in [-0.2, -0.15) is 0 Å². The van der Waals surface area contributed by atoms with E-state index in [-0.39, 0.29) is 23.9 Å². The number of carboxylic acids is 1. The van der Waals surface area contributed by atoms with Gasteiger partial charge >= 0.3 is 11.7 Å². The van der Waals surface area contributed by atoms with Crippen LogP contribution in [0.5, 0.6) is 5.75 Å². The fourth-order valence-electron chi connectivity index (χ4n) is 2.72. The monoisotopic (exact) mass is 352 g/mol. The molecule has 0 aromatic heterocycles. The molecule has 1 fully saturated rings. The number of nitrogens with one attached hydrogen (secondary N) is 1. The van der Waals surface area contributed by atoms with Gasteiger partial charge in [-0.05, 0) is 24.8 Å². The Hall–Kier alpha value is -2.68. The van der Waals surface area contributed by atoms with Gasteiger partial charge in [0.25, 0.3) is 5.91 Å². The van der Waals surface area contributed by atoms with E-state index in [1.807, 2.05) is 0 Å². The second kappa shape index (κ2) is 8.97. The van der Waals surface area contributed by atoms with E-state index in [1.165, 1.54) is 18.2 Å². The first-order valence-corrected chi connectivity index (χ1v) is 7.92. The molecule has 1 atom stereocenters. The molecule has 136 valence electrons. The molecule has 0 radical (unpaired) electrons. The second-order valence-corrected chi connectivity index (χ2v) is 5.71. The number of nitro groups is 1. The zero-order valence-corrected chi connectivity index (χ0v) is 13.6. The van der Waals surface area contributed by atoms with Crippen molar-refractivity contribution in [2.75, 3.05) is 26.4 Å². The highest BCUT2D eigenvalue weighted by Gasteiger charge is 2.30. The molecule has 1 unspecified atom stereocenters. The van der Waals surface area contributed by atoms with Crippen molar-refractivity contribution in [3.05, 3.63) is 34.4 Å². The molecule has 1 amide bonds. The lowest BCUT2D eigenvalue weighted by Gasteiger charge is -2.27.